The molecule has 1 aliphatic heterocycles. The van der Waals surface area contributed by atoms with Crippen molar-refractivity contribution in [1.29, 1.82) is 0 Å². The first-order chi connectivity index (χ1) is 12.5. The van der Waals surface area contributed by atoms with Crippen LogP contribution < -0.4 is 5.32 Å². The van der Waals surface area contributed by atoms with Crippen LogP contribution in [0.2, 0.25) is 0 Å². The van der Waals surface area contributed by atoms with Crippen LogP contribution in [0.25, 0.3) is 0 Å². The average molecular weight is 377 g/mol. The summed E-state index contributed by atoms with van der Waals surface area (Å²) in [7, 11) is -3.51. The highest BCUT2D eigenvalue weighted by Crippen LogP contribution is 2.26. The Kier molecular flexibility index (Phi) is 5.88. The molecule has 26 heavy (non-hydrogen) atoms. The maximum absolute atomic E-state index is 13.2. The lowest BCUT2D eigenvalue weighted by molar-refractivity contribution is 0.423. The number of anilines is 1. The summed E-state index contributed by atoms with van der Waals surface area (Å²) < 4.78 is 41.0. The molecule has 1 N–H and O–H groups in total. The molecule has 0 aliphatic carbocycles. The molecule has 0 radical (unpaired) electrons. The Balaban J connectivity index is 1.80. The second-order valence-corrected chi connectivity index (χ2v) is 8.57. The van der Waals surface area contributed by atoms with Gasteiger partial charge in [-0.05, 0) is 49.1 Å². The van der Waals surface area contributed by atoms with E-state index in [0.29, 0.717) is 35.8 Å². The van der Waals surface area contributed by atoms with E-state index >= 15 is 0 Å². The lowest BCUT2D eigenvalue weighted by Gasteiger charge is -2.21. The summed E-state index contributed by atoms with van der Waals surface area (Å²) in [6.07, 6.45) is 6.70. The van der Waals surface area contributed by atoms with E-state index in [4.69, 9.17) is 0 Å². The molecule has 0 atom stereocenters. The Morgan fingerprint density at radius 3 is 2.54 bits per heavy atom. The zero-order valence-electron chi connectivity index (χ0n) is 14.9. The van der Waals surface area contributed by atoms with Gasteiger partial charge < -0.3 is 5.32 Å². The Bertz CT molecular complexity index is 863. The third-order valence-corrected chi connectivity index (χ3v) is 6.67. The quantitative estimate of drug-likeness (QED) is 0.863. The van der Waals surface area contributed by atoms with Crippen molar-refractivity contribution in [2.75, 3.05) is 18.4 Å². The van der Waals surface area contributed by atoms with Gasteiger partial charge in [-0.3, -0.25) is 4.98 Å². The molecule has 5 nitrogen and oxygen atoms in total. The zero-order chi connectivity index (χ0) is 18.6. The lowest BCUT2D eigenvalue weighted by atomic mass is 10.2. The van der Waals surface area contributed by atoms with Gasteiger partial charge in [0.1, 0.15) is 5.82 Å². The molecule has 7 heteroatoms. The second-order valence-electron chi connectivity index (χ2n) is 6.66. The first-order valence-electron chi connectivity index (χ1n) is 8.91. The largest absolute Gasteiger partial charge is 0.381 e. The number of halogens is 1. The summed E-state index contributed by atoms with van der Waals surface area (Å²) >= 11 is 0. The summed E-state index contributed by atoms with van der Waals surface area (Å²) in [6.45, 7) is 3.34. The lowest BCUT2D eigenvalue weighted by Crippen LogP contribution is -2.32. The van der Waals surface area contributed by atoms with Gasteiger partial charge >= 0.3 is 0 Å². The van der Waals surface area contributed by atoms with Crippen LogP contribution in [0.3, 0.4) is 0 Å². The molecule has 0 unspecified atom stereocenters. The molecule has 140 valence electrons. The van der Waals surface area contributed by atoms with Crippen LogP contribution in [-0.2, 0) is 16.6 Å². The molecule has 2 heterocycles. The highest BCUT2D eigenvalue weighted by atomic mass is 32.2. The third-order valence-electron chi connectivity index (χ3n) is 4.63. The molecule has 1 aromatic carbocycles. The summed E-state index contributed by atoms with van der Waals surface area (Å²) in [5, 5.41) is 3.15. The van der Waals surface area contributed by atoms with Gasteiger partial charge in [-0.25, -0.2) is 12.8 Å². The van der Waals surface area contributed by atoms with E-state index in [1.165, 1.54) is 6.07 Å². The molecular formula is C19H24FN3O2S. The fourth-order valence-electron chi connectivity index (χ4n) is 3.17. The molecule has 0 bridgehead atoms. The molecule has 1 aliphatic rings. The third kappa shape index (κ3) is 4.40. The summed E-state index contributed by atoms with van der Waals surface area (Å²) in [5.74, 6) is -0.391. The van der Waals surface area contributed by atoms with E-state index < -0.39 is 15.8 Å². The maximum atomic E-state index is 13.2. The molecular weight excluding hydrogens is 353 g/mol. The Labute approximate surface area is 154 Å². The SMILES string of the molecule is Cc1ccc(NCc2cncc(F)c2)cc1S(=O)(=O)N1CCCCCC1. The van der Waals surface area contributed by atoms with Gasteiger partial charge in [-0.1, -0.05) is 18.9 Å². The minimum absolute atomic E-state index is 0.335. The Hall–Kier alpha value is -1.99. The van der Waals surface area contributed by atoms with Crippen molar-refractivity contribution in [3.05, 3.63) is 53.6 Å². The van der Waals surface area contributed by atoms with Crippen LogP contribution in [0, 0.1) is 12.7 Å². The highest BCUT2D eigenvalue weighted by molar-refractivity contribution is 7.89. The van der Waals surface area contributed by atoms with E-state index in [9.17, 15) is 12.8 Å². The van der Waals surface area contributed by atoms with Crippen LogP contribution in [0.5, 0.6) is 0 Å². The van der Waals surface area contributed by atoms with Gasteiger partial charge in [0.25, 0.3) is 0 Å². The first kappa shape index (κ1) is 18.8. The van der Waals surface area contributed by atoms with Crippen molar-refractivity contribution in [3.63, 3.8) is 0 Å². The normalized spacial score (nSPS) is 16.2. The molecule has 0 spiro atoms. The predicted octanol–water partition coefficient (Wildman–Crippen LogP) is 3.71. The van der Waals surface area contributed by atoms with Crippen molar-refractivity contribution < 1.29 is 12.8 Å². The maximum Gasteiger partial charge on any atom is 0.243 e. The van der Waals surface area contributed by atoms with Gasteiger partial charge in [0.15, 0.2) is 0 Å². The molecule has 1 fully saturated rings. The average Bonchev–Trinajstić information content (AvgIpc) is 2.91. The predicted molar refractivity (Wildman–Crippen MR) is 99.9 cm³/mol. The molecule has 2 aromatic rings. The van der Waals surface area contributed by atoms with Gasteiger partial charge in [0, 0.05) is 31.5 Å². The minimum atomic E-state index is -3.51. The number of benzene rings is 1. The van der Waals surface area contributed by atoms with E-state index in [1.807, 2.05) is 13.0 Å². The van der Waals surface area contributed by atoms with Gasteiger partial charge in [-0.15, -0.1) is 0 Å². The van der Waals surface area contributed by atoms with E-state index in [2.05, 4.69) is 10.3 Å². The summed E-state index contributed by atoms with van der Waals surface area (Å²) in [6, 6.07) is 6.71. The van der Waals surface area contributed by atoms with Crippen molar-refractivity contribution >= 4 is 15.7 Å². The minimum Gasteiger partial charge on any atom is -0.381 e. The number of hydrogen-bond donors (Lipinski definition) is 1. The number of pyridine rings is 1. The van der Waals surface area contributed by atoms with Crippen LogP contribution >= 0.6 is 0 Å². The van der Waals surface area contributed by atoms with Gasteiger partial charge in [0.05, 0.1) is 11.1 Å². The summed E-state index contributed by atoms with van der Waals surface area (Å²) in [5.41, 5.74) is 2.11. The van der Waals surface area contributed by atoms with Crippen LogP contribution in [0.1, 0.15) is 36.8 Å². The standard InChI is InChI=1S/C19H24FN3O2S/c1-15-6-7-18(22-13-16-10-17(20)14-21-12-16)11-19(15)26(24,25)23-8-4-2-3-5-9-23/h6-7,10-12,14,22H,2-5,8-9,13H2,1H3. The fraction of sp³-hybridized carbons (Fsp3) is 0.421. The van der Waals surface area contributed by atoms with Gasteiger partial charge in [0.2, 0.25) is 10.0 Å². The van der Waals surface area contributed by atoms with Crippen LogP contribution in [0.15, 0.2) is 41.6 Å². The monoisotopic (exact) mass is 377 g/mol. The summed E-state index contributed by atoms with van der Waals surface area (Å²) in [4.78, 5) is 4.15. The number of nitrogens with zero attached hydrogens (tertiary/aromatic N) is 2. The zero-order valence-corrected chi connectivity index (χ0v) is 15.7. The van der Waals surface area contributed by atoms with Crippen LogP contribution in [-0.4, -0.2) is 30.8 Å². The second kappa shape index (κ2) is 8.14. The number of sulfonamides is 1. The van der Waals surface area contributed by atoms with Crippen LogP contribution in [0.4, 0.5) is 10.1 Å². The van der Waals surface area contributed by atoms with Gasteiger partial charge in [-0.2, -0.15) is 4.31 Å². The Morgan fingerprint density at radius 1 is 1.12 bits per heavy atom. The molecule has 3 rings (SSSR count). The molecule has 1 saturated heterocycles. The topological polar surface area (TPSA) is 62.3 Å². The molecule has 0 saturated carbocycles. The molecule has 0 amide bonds. The number of aryl methyl sites for hydroxylation is 1. The first-order valence-corrected chi connectivity index (χ1v) is 10.3. The number of hydrogen-bond acceptors (Lipinski definition) is 4. The number of aromatic nitrogens is 1. The molecule has 1 aromatic heterocycles. The van der Waals surface area contributed by atoms with E-state index in [1.54, 1.807) is 22.6 Å². The number of nitrogens with one attached hydrogen (secondary N) is 1. The van der Waals surface area contributed by atoms with Crippen molar-refractivity contribution in [3.8, 4) is 0 Å². The number of rotatable bonds is 5. The fourth-order valence-corrected chi connectivity index (χ4v) is 4.93. The smallest absolute Gasteiger partial charge is 0.243 e. The van der Waals surface area contributed by atoms with Crippen molar-refractivity contribution in [2.24, 2.45) is 0 Å². The van der Waals surface area contributed by atoms with E-state index in [0.717, 1.165) is 37.4 Å². The van der Waals surface area contributed by atoms with E-state index in [-0.39, 0.29) is 0 Å². The highest BCUT2D eigenvalue weighted by Gasteiger charge is 2.26. The van der Waals surface area contributed by atoms with Crippen molar-refractivity contribution in [2.45, 2.75) is 44.0 Å². The Morgan fingerprint density at radius 2 is 1.85 bits per heavy atom. The van der Waals surface area contributed by atoms with Crippen molar-refractivity contribution in [1.82, 2.24) is 9.29 Å².